The van der Waals surface area contributed by atoms with Crippen molar-refractivity contribution in [3.63, 3.8) is 0 Å². The number of aromatic amines is 1. The molecule has 1 aromatic rings. The normalized spacial score (nSPS) is 27.9. The second kappa shape index (κ2) is 5.01. The minimum absolute atomic E-state index is 0.126. The van der Waals surface area contributed by atoms with E-state index in [-0.39, 0.29) is 5.56 Å². The number of nitrogens with zero attached hydrogens (tertiary/aromatic N) is 2. The molecule has 18 heavy (non-hydrogen) atoms. The second-order valence-electron chi connectivity index (χ2n) is 4.82. The van der Waals surface area contributed by atoms with E-state index in [1.165, 1.54) is 19.2 Å². The monoisotopic (exact) mass is 313 g/mol. The molecule has 1 aliphatic heterocycles. The standard InChI is InChI=1S/C12H16BrN3O2/c13-10-11(14-7-15-12(10)17)16-5-6-18-9-4-2-1-3-8(9)16/h7-9H,1-6H2,(H,14,15,17). The Morgan fingerprint density at radius 3 is 3.17 bits per heavy atom. The molecular weight excluding hydrogens is 298 g/mol. The lowest BCUT2D eigenvalue weighted by Crippen LogP contribution is -2.53. The molecule has 1 saturated carbocycles. The Morgan fingerprint density at radius 1 is 1.44 bits per heavy atom. The van der Waals surface area contributed by atoms with E-state index in [2.05, 4.69) is 30.8 Å². The maximum Gasteiger partial charge on any atom is 0.267 e. The molecule has 1 N–H and O–H groups in total. The van der Waals surface area contributed by atoms with Crippen LogP contribution in [0.3, 0.4) is 0 Å². The van der Waals surface area contributed by atoms with E-state index < -0.39 is 0 Å². The van der Waals surface area contributed by atoms with Crippen molar-refractivity contribution < 1.29 is 4.74 Å². The van der Waals surface area contributed by atoms with Crippen LogP contribution < -0.4 is 10.5 Å². The highest BCUT2D eigenvalue weighted by Crippen LogP contribution is 2.32. The lowest BCUT2D eigenvalue weighted by atomic mass is 9.90. The first kappa shape index (κ1) is 12.2. The minimum atomic E-state index is -0.126. The molecule has 2 unspecified atom stereocenters. The maximum absolute atomic E-state index is 11.6. The van der Waals surface area contributed by atoms with E-state index in [1.54, 1.807) is 0 Å². The van der Waals surface area contributed by atoms with Crippen LogP contribution in [0.2, 0.25) is 0 Å². The second-order valence-corrected chi connectivity index (χ2v) is 5.62. The number of aromatic nitrogens is 2. The maximum atomic E-state index is 11.6. The van der Waals surface area contributed by atoms with Crippen LogP contribution in [0.4, 0.5) is 5.82 Å². The summed E-state index contributed by atoms with van der Waals surface area (Å²) < 4.78 is 6.36. The quantitative estimate of drug-likeness (QED) is 0.857. The summed E-state index contributed by atoms with van der Waals surface area (Å²) in [5.41, 5.74) is -0.126. The van der Waals surface area contributed by atoms with Gasteiger partial charge in [0.15, 0.2) is 5.82 Å². The van der Waals surface area contributed by atoms with Gasteiger partial charge in [-0.25, -0.2) is 4.98 Å². The Bertz CT molecular complexity index is 488. The van der Waals surface area contributed by atoms with Crippen molar-refractivity contribution >= 4 is 21.7 Å². The molecule has 1 aromatic heterocycles. The lowest BCUT2D eigenvalue weighted by molar-refractivity contribution is -0.00906. The third kappa shape index (κ3) is 2.07. The topological polar surface area (TPSA) is 58.2 Å². The molecule has 98 valence electrons. The molecule has 0 aromatic carbocycles. The zero-order valence-corrected chi connectivity index (χ0v) is 11.6. The van der Waals surface area contributed by atoms with Gasteiger partial charge in [-0.15, -0.1) is 0 Å². The van der Waals surface area contributed by atoms with E-state index in [9.17, 15) is 4.79 Å². The van der Waals surface area contributed by atoms with E-state index in [1.807, 2.05) is 0 Å². The van der Waals surface area contributed by atoms with Crippen molar-refractivity contribution in [1.29, 1.82) is 0 Å². The zero-order chi connectivity index (χ0) is 12.5. The van der Waals surface area contributed by atoms with Gasteiger partial charge in [0, 0.05) is 6.54 Å². The third-order valence-electron chi connectivity index (χ3n) is 3.78. The number of H-pyrrole nitrogens is 1. The Balaban J connectivity index is 1.94. The average molecular weight is 314 g/mol. The number of fused-ring (bicyclic) bond motifs is 1. The number of nitrogens with one attached hydrogen (secondary N) is 1. The van der Waals surface area contributed by atoms with E-state index >= 15 is 0 Å². The average Bonchev–Trinajstić information content (AvgIpc) is 2.41. The van der Waals surface area contributed by atoms with Gasteiger partial charge in [-0.3, -0.25) is 4.79 Å². The summed E-state index contributed by atoms with van der Waals surface area (Å²) in [6.45, 7) is 1.51. The number of anilines is 1. The molecule has 1 saturated heterocycles. The summed E-state index contributed by atoms with van der Waals surface area (Å²) >= 11 is 3.34. The van der Waals surface area contributed by atoms with Crippen LogP contribution in [-0.4, -0.2) is 35.3 Å². The molecule has 0 bridgehead atoms. The number of ether oxygens (including phenoxy) is 1. The van der Waals surface area contributed by atoms with Gasteiger partial charge in [-0.05, 0) is 28.8 Å². The summed E-state index contributed by atoms with van der Waals surface area (Å²) in [7, 11) is 0. The predicted octanol–water partition coefficient (Wildman–Crippen LogP) is 1.68. The zero-order valence-electron chi connectivity index (χ0n) is 10.1. The molecule has 0 radical (unpaired) electrons. The number of hydrogen-bond donors (Lipinski definition) is 1. The van der Waals surface area contributed by atoms with Gasteiger partial charge in [0.1, 0.15) is 4.47 Å². The molecule has 2 heterocycles. The first-order valence-corrected chi connectivity index (χ1v) is 7.18. The first-order chi connectivity index (χ1) is 8.77. The van der Waals surface area contributed by atoms with E-state index in [0.717, 1.165) is 25.2 Å². The highest BCUT2D eigenvalue weighted by molar-refractivity contribution is 9.10. The van der Waals surface area contributed by atoms with E-state index in [4.69, 9.17) is 4.74 Å². The van der Waals surface area contributed by atoms with Gasteiger partial charge in [0.05, 0.1) is 25.1 Å². The molecule has 6 heteroatoms. The fraction of sp³-hybridized carbons (Fsp3) is 0.667. The van der Waals surface area contributed by atoms with Crippen molar-refractivity contribution in [3.05, 3.63) is 21.2 Å². The van der Waals surface area contributed by atoms with Crippen LogP contribution in [-0.2, 0) is 4.74 Å². The molecule has 3 rings (SSSR count). The van der Waals surface area contributed by atoms with Gasteiger partial charge < -0.3 is 14.6 Å². The van der Waals surface area contributed by atoms with Gasteiger partial charge in [-0.1, -0.05) is 12.8 Å². The Kier molecular flexibility index (Phi) is 3.39. The minimum Gasteiger partial charge on any atom is -0.374 e. The number of morpholine rings is 1. The summed E-state index contributed by atoms with van der Waals surface area (Å²) in [5.74, 6) is 0.749. The molecule has 0 amide bonds. The van der Waals surface area contributed by atoms with Crippen LogP contribution in [0, 0.1) is 0 Å². The summed E-state index contributed by atoms with van der Waals surface area (Å²) in [5, 5.41) is 0. The van der Waals surface area contributed by atoms with Gasteiger partial charge in [0.2, 0.25) is 0 Å². The summed E-state index contributed by atoms with van der Waals surface area (Å²) in [6, 6.07) is 0.359. The fourth-order valence-corrected chi connectivity index (χ4v) is 3.38. The molecule has 2 atom stereocenters. The summed E-state index contributed by atoms with van der Waals surface area (Å²) in [6.07, 6.45) is 6.45. The van der Waals surface area contributed by atoms with Gasteiger partial charge in [0.25, 0.3) is 5.56 Å². The van der Waals surface area contributed by atoms with Crippen LogP contribution in [0.5, 0.6) is 0 Å². The van der Waals surface area contributed by atoms with Crippen molar-refractivity contribution in [1.82, 2.24) is 9.97 Å². The SMILES string of the molecule is O=c1[nH]cnc(N2CCOC3CCCCC32)c1Br. The molecule has 2 fully saturated rings. The molecule has 2 aliphatic rings. The third-order valence-corrected chi connectivity index (χ3v) is 4.50. The van der Waals surface area contributed by atoms with Gasteiger partial charge in [-0.2, -0.15) is 0 Å². The van der Waals surface area contributed by atoms with Crippen LogP contribution in [0.25, 0.3) is 0 Å². The number of rotatable bonds is 1. The van der Waals surface area contributed by atoms with Crippen molar-refractivity contribution in [2.24, 2.45) is 0 Å². The Hall–Kier alpha value is -0.880. The fourth-order valence-electron chi connectivity index (χ4n) is 2.93. The number of hydrogen-bond acceptors (Lipinski definition) is 4. The Labute approximate surface area is 114 Å². The lowest BCUT2D eigenvalue weighted by Gasteiger charge is -2.44. The molecule has 5 nitrogen and oxygen atoms in total. The van der Waals surface area contributed by atoms with E-state index in [0.29, 0.717) is 23.2 Å². The smallest absolute Gasteiger partial charge is 0.267 e. The highest BCUT2D eigenvalue weighted by atomic mass is 79.9. The van der Waals surface area contributed by atoms with Crippen molar-refractivity contribution in [3.8, 4) is 0 Å². The first-order valence-electron chi connectivity index (χ1n) is 6.39. The summed E-state index contributed by atoms with van der Waals surface area (Å²) in [4.78, 5) is 20.8. The largest absolute Gasteiger partial charge is 0.374 e. The van der Waals surface area contributed by atoms with Crippen LogP contribution in [0.15, 0.2) is 15.6 Å². The van der Waals surface area contributed by atoms with Crippen molar-refractivity contribution in [2.75, 3.05) is 18.1 Å². The van der Waals surface area contributed by atoms with Crippen molar-refractivity contribution in [2.45, 2.75) is 37.8 Å². The highest BCUT2D eigenvalue weighted by Gasteiger charge is 2.35. The van der Waals surface area contributed by atoms with Gasteiger partial charge >= 0.3 is 0 Å². The van der Waals surface area contributed by atoms with Crippen LogP contribution in [0.1, 0.15) is 25.7 Å². The molecule has 1 aliphatic carbocycles. The van der Waals surface area contributed by atoms with Crippen LogP contribution >= 0.6 is 15.9 Å². The molecule has 0 spiro atoms. The predicted molar refractivity (Wildman–Crippen MR) is 71.9 cm³/mol. The number of halogens is 1. The molecular formula is C12H16BrN3O2. The Morgan fingerprint density at radius 2 is 2.28 bits per heavy atom.